The minimum Gasteiger partial charge on any atom is -0.872 e. The Balaban J connectivity index is 2.69. The Labute approximate surface area is 90.8 Å². The SMILES string of the molecule is [O-]c1c([O-])c2cccnc2c2ncccc12. The number of rotatable bonds is 0. The Hall–Kier alpha value is -2.36. The van der Waals surface area contributed by atoms with Crippen molar-refractivity contribution in [3.63, 3.8) is 0 Å². The van der Waals surface area contributed by atoms with E-state index in [0.717, 1.165) is 0 Å². The third kappa shape index (κ3) is 1.04. The van der Waals surface area contributed by atoms with Gasteiger partial charge < -0.3 is 10.2 Å². The van der Waals surface area contributed by atoms with Crippen LogP contribution in [0.25, 0.3) is 21.8 Å². The molecule has 0 spiro atoms. The van der Waals surface area contributed by atoms with E-state index in [1.165, 1.54) is 0 Å². The van der Waals surface area contributed by atoms with Gasteiger partial charge in [0.1, 0.15) is 0 Å². The van der Waals surface area contributed by atoms with Crippen LogP contribution in [0.15, 0.2) is 36.7 Å². The van der Waals surface area contributed by atoms with Gasteiger partial charge in [0.15, 0.2) is 0 Å². The summed E-state index contributed by atoms with van der Waals surface area (Å²) in [6, 6.07) is 6.47. The largest absolute Gasteiger partial charge is 0.872 e. The standard InChI is InChI=1S/C12H8N2O2/c15-11-7-3-1-5-13-9(7)10-8(12(11)16)4-2-6-14-10/h1-6,15-16H/p-2. The molecule has 0 fully saturated rings. The van der Waals surface area contributed by atoms with Crippen LogP contribution in [0.2, 0.25) is 0 Å². The lowest BCUT2D eigenvalue weighted by molar-refractivity contribution is -0.313. The molecule has 0 aliphatic carbocycles. The Morgan fingerprint density at radius 2 is 1.19 bits per heavy atom. The molecule has 0 bridgehead atoms. The molecule has 0 N–H and O–H groups in total. The highest BCUT2D eigenvalue weighted by Gasteiger charge is 2.04. The van der Waals surface area contributed by atoms with Gasteiger partial charge in [0, 0.05) is 12.4 Å². The van der Waals surface area contributed by atoms with Crippen LogP contribution in [0.4, 0.5) is 0 Å². The summed E-state index contributed by atoms with van der Waals surface area (Å²) < 4.78 is 0. The van der Waals surface area contributed by atoms with Crippen molar-refractivity contribution in [1.29, 1.82) is 0 Å². The van der Waals surface area contributed by atoms with E-state index in [1.807, 2.05) is 0 Å². The van der Waals surface area contributed by atoms with Crippen LogP contribution >= 0.6 is 0 Å². The van der Waals surface area contributed by atoms with E-state index in [2.05, 4.69) is 9.97 Å². The van der Waals surface area contributed by atoms with Crippen LogP contribution in [0.5, 0.6) is 11.5 Å². The third-order valence-corrected chi connectivity index (χ3v) is 2.54. The summed E-state index contributed by atoms with van der Waals surface area (Å²) in [6.45, 7) is 0. The quantitative estimate of drug-likeness (QED) is 0.517. The number of benzene rings is 1. The van der Waals surface area contributed by atoms with Crippen LogP contribution in [0.1, 0.15) is 0 Å². The monoisotopic (exact) mass is 210 g/mol. The van der Waals surface area contributed by atoms with Crippen molar-refractivity contribution in [2.45, 2.75) is 0 Å². The molecule has 2 heterocycles. The topological polar surface area (TPSA) is 71.9 Å². The molecule has 0 amide bonds. The maximum absolute atomic E-state index is 11.8. The summed E-state index contributed by atoms with van der Waals surface area (Å²) in [5.74, 6) is -1.02. The molecule has 0 radical (unpaired) electrons. The Morgan fingerprint density at radius 1 is 0.750 bits per heavy atom. The van der Waals surface area contributed by atoms with Crippen molar-refractivity contribution < 1.29 is 10.2 Å². The average Bonchev–Trinajstić information content (AvgIpc) is 2.36. The maximum atomic E-state index is 11.8. The Morgan fingerprint density at radius 3 is 1.62 bits per heavy atom. The number of aromatic nitrogens is 2. The Bertz CT molecular complexity index is 634. The smallest absolute Gasteiger partial charge is 0.0957 e. The Kier molecular flexibility index (Phi) is 1.71. The number of hydrogen-bond donors (Lipinski definition) is 0. The normalized spacial score (nSPS) is 11.0. The lowest BCUT2D eigenvalue weighted by Crippen LogP contribution is -2.02. The van der Waals surface area contributed by atoms with E-state index in [-0.39, 0.29) is 0 Å². The molecular formula is C12H6N2O2-2. The van der Waals surface area contributed by atoms with Crippen molar-refractivity contribution in [3.05, 3.63) is 36.7 Å². The van der Waals surface area contributed by atoms with E-state index in [1.54, 1.807) is 36.7 Å². The molecule has 4 nitrogen and oxygen atoms in total. The summed E-state index contributed by atoms with van der Waals surface area (Å²) in [6.07, 6.45) is 3.17. The molecule has 3 aromatic rings. The second-order valence-corrected chi connectivity index (χ2v) is 3.46. The molecule has 78 valence electrons. The molecule has 1 aromatic carbocycles. The molecule has 16 heavy (non-hydrogen) atoms. The van der Waals surface area contributed by atoms with Crippen LogP contribution in [-0.2, 0) is 0 Å². The maximum Gasteiger partial charge on any atom is 0.0957 e. The minimum absolute atomic E-state index is 0.332. The molecule has 0 saturated carbocycles. The van der Waals surface area contributed by atoms with Gasteiger partial charge in [0.25, 0.3) is 0 Å². The average molecular weight is 210 g/mol. The van der Waals surface area contributed by atoms with Gasteiger partial charge >= 0.3 is 0 Å². The molecule has 3 rings (SSSR count). The zero-order valence-corrected chi connectivity index (χ0v) is 8.18. The lowest BCUT2D eigenvalue weighted by Gasteiger charge is -2.22. The van der Waals surface area contributed by atoms with Gasteiger partial charge in [0.2, 0.25) is 0 Å². The van der Waals surface area contributed by atoms with E-state index < -0.39 is 11.5 Å². The lowest BCUT2D eigenvalue weighted by atomic mass is 10.1. The summed E-state index contributed by atoms with van der Waals surface area (Å²) >= 11 is 0. The van der Waals surface area contributed by atoms with Gasteiger partial charge in [-0.3, -0.25) is 9.97 Å². The van der Waals surface area contributed by atoms with Crippen LogP contribution in [-0.4, -0.2) is 9.97 Å². The van der Waals surface area contributed by atoms with Crippen molar-refractivity contribution in [2.24, 2.45) is 0 Å². The molecule has 4 heteroatoms. The molecular weight excluding hydrogens is 204 g/mol. The zero-order valence-electron chi connectivity index (χ0n) is 8.18. The molecule has 2 aromatic heterocycles. The molecule has 0 aliphatic rings. The van der Waals surface area contributed by atoms with E-state index >= 15 is 0 Å². The summed E-state index contributed by atoms with van der Waals surface area (Å²) in [7, 11) is 0. The van der Waals surface area contributed by atoms with Crippen molar-refractivity contribution >= 4 is 21.8 Å². The number of nitrogens with zero attached hydrogens (tertiary/aromatic N) is 2. The van der Waals surface area contributed by atoms with Gasteiger partial charge in [-0.1, -0.05) is 12.1 Å². The zero-order chi connectivity index (χ0) is 11.1. The van der Waals surface area contributed by atoms with E-state index in [0.29, 0.717) is 21.8 Å². The first-order valence-electron chi connectivity index (χ1n) is 4.78. The first-order valence-corrected chi connectivity index (χ1v) is 4.78. The molecule has 0 atom stereocenters. The van der Waals surface area contributed by atoms with Gasteiger partial charge in [0.05, 0.1) is 11.0 Å². The fourth-order valence-electron chi connectivity index (χ4n) is 1.80. The predicted octanol–water partition coefficient (Wildman–Crippen LogP) is 0.930. The second kappa shape index (κ2) is 3.06. The minimum atomic E-state index is -0.511. The third-order valence-electron chi connectivity index (χ3n) is 2.54. The summed E-state index contributed by atoms with van der Waals surface area (Å²) in [4.78, 5) is 8.22. The number of hydrogen-bond acceptors (Lipinski definition) is 4. The highest BCUT2D eigenvalue weighted by atomic mass is 16.3. The second-order valence-electron chi connectivity index (χ2n) is 3.46. The van der Waals surface area contributed by atoms with Crippen molar-refractivity contribution in [1.82, 2.24) is 9.97 Å². The van der Waals surface area contributed by atoms with E-state index in [4.69, 9.17) is 0 Å². The summed E-state index contributed by atoms with van der Waals surface area (Å²) in [5.41, 5.74) is 0.977. The molecule has 0 saturated heterocycles. The highest BCUT2D eigenvalue weighted by Crippen LogP contribution is 2.36. The first kappa shape index (κ1) is 8.91. The van der Waals surface area contributed by atoms with Crippen molar-refractivity contribution in [3.8, 4) is 11.5 Å². The molecule has 0 aliphatic heterocycles. The summed E-state index contributed by atoms with van der Waals surface area (Å²) in [5, 5.41) is 24.2. The van der Waals surface area contributed by atoms with Crippen molar-refractivity contribution in [2.75, 3.05) is 0 Å². The fraction of sp³-hybridized carbons (Fsp3) is 0. The number of pyridine rings is 2. The highest BCUT2D eigenvalue weighted by molar-refractivity contribution is 6.08. The molecule has 0 unspecified atom stereocenters. The van der Waals surface area contributed by atoms with Crippen LogP contribution in [0.3, 0.4) is 0 Å². The van der Waals surface area contributed by atoms with E-state index in [9.17, 15) is 10.2 Å². The van der Waals surface area contributed by atoms with Gasteiger partial charge in [-0.05, 0) is 22.9 Å². The first-order chi connectivity index (χ1) is 7.79. The van der Waals surface area contributed by atoms with Crippen LogP contribution in [0, 0.1) is 0 Å². The van der Waals surface area contributed by atoms with Gasteiger partial charge in [-0.15, -0.1) is 11.5 Å². The van der Waals surface area contributed by atoms with Crippen LogP contribution < -0.4 is 10.2 Å². The number of fused-ring (bicyclic) bond motifs is 3. The fourth-order valence-corrected chi connectivity index (χ4v) is 1.80. The predicted molar refractivity (Wildman–Crippen MR) is 55.9 cm³/mol. The van der Waals surface area contributed by atoms with Gasteiger partial charge in [-0.2, -0.15) is 0 Å². The van der Waals surface area contributed by atoms with Gasteiger partial charge in [-0.25, -0.2) is 0 Å².